The van der Waals surface area contributed by atoms with E-state index in [4.69, 9.17) is 0 Å². The number of aryl methyl sites for hydroxylation is 1. The molecule has 1 aliphatic rings. The summed E-state index contributed by atoms with van der Waals surface area (Å²) in [6.45, 7) is 3.81. The zero-order valence-corrected chi connectivity index (χ0v) is 11.0. The van der Waals surface area contributed by atoms with Crippen LogP contribution < -0.4 is 5.32 Å². The lowest BCUT2D eigenvalue weighted by Gasteiger charge is -2.22. The number of allylic oxidation sites excluding steroid dienone is 1. The molecule has 1 aromatic carbocycles. The molecule has 1 unspecified atom stereocenters. The van der Waals surface area contributed by atoms with Crippen LogP contribution in [0.1, 0.15) is 18.5 Å². The Labute approximate surface area is 112 Å². The van der Waals surface area contributed by atoms with Crippen molar-refractivity contribution in [3.8, 4) is 0 Å². The molecule has 0 aliphatic carbocycles. The first-order chi connectivity index (χ1) is 9.15. The van der Waals surface area contributed by atoms with E-state index in [9.17, 15) is 4.79 Å². The second kappa shape index (κ2) is 4.53. The van der Waals surface area contributed by atoms with Crippen molar-refractivity contribution >= 4 is 16.8 Å². The van der Waals surface area contributed by atoms with Gasteiger partial charge >= 0.3 is 0 Å². The van der Waals surface area contributed by atoms with Gasteiger partial charge in [-0.1, -0.05) is 24.8 Å². The van der Waals surface area contributed by atoms with Crippen molar-refractivity contribution in [1.82, 2.24) is 15.1 Å². The van der Waals surface area contributed by atoms with E-state index in [1.54, 1.807) is 0 Å². The highest BCUT2D eigenvalue weighted by atomic mass is 16.1. The number of amides is 1. The SMILES string of the molecule is C=C1CCC(Cc2nn(C)c3ccccc23)C(=O)N1. The van der Waals surface area contributed by atoms with Crippen LogP contribution in [0.2, 0.25) is 0 Å². The quantitative estimate of drug-likeness (QED) is 0.893. The summed E-state index contributed by atoms with van der Waals surface area (Å²) in [6, 6.07) is 8.13. The third-order valence-electron chi connectivity index (χ3n) is 3.74. The van der Waals surface area contributed by atoms with Crippen molar-refractivity contribution in [2.24, 2.45) is 13.0 Å². The minimum Gasteiger partial charge on any atom is -0.330 e. The number of hydrogen-bond donors (Lipinski definition) is 1. The van der Waals surface area contributed by atoms with Gasteiger partial charge in [-0.15, -0.1) is 0 Å². The first kappa shape index (κ1) is 12.0. The van der Waals surface area contributed by atoms with E-state index in [2.05, 4.69) is 29.1 Å². The fraction of sp³-hybridized carbons (Fsp3) is 0.333. The lowest BCUT2D eigenvalue weighted by atomic mass is 9.92. The first-order valence-electron chi connectivity index (χ1n) is 6.54. The fourth-order valence-electron chi connectivity index (χ4n) is 2.69. The topological polar surface area (TPSA) is 46.9 Å². The van der Waals surface area contributed by atoms with Gasteiger partial charge in [0.05, 0.1) is 11.2 Å². The maximum Gasteiger partial charge on any atom is 0.227 e. The summed E-state index contributed by atoms with van der Waals surface area (Å²) in [6.07, 6.45) is 2.41. The van der Waals surface area contributed by atoms with Crippen molar-refractivity contribution in [2.45, 2.75) is 19.3 Å². The molecule has 4 heteroatoms. The van der Waals surface area contributed by atoms with Crippen LogP contribution in [0.15, 0.2) is 36.5 Å². The third-order valence-corrected chi connectivity index (χ3v) is 3.74. The Morgan fingerprint density at radius 3 is 3.05 bits per heavy atom. The number of hydrogen-bond acceptors (Lipinski definition) is 2. The van der Waals surface area contributed by atoms with Gasteiger partial charge in [0.2, 0.25) is 5.91 Å². The molecule has 0 saturated carbocycles. The molecular formula is C15H17N3O. The van der Waals surface area contributed by atoms with Gasteiger partial charge in [-0.25, -0.2) is 0 Å². The molecule has 1 atom stereocenters. The zero-order chi connectivity index (χ0) is 13.4. The molecule has 1 aliphatic heterocycles. The predicted octanol–water partition coefficient (Wildman–Crippen LogP) is 2.16. The van der Waals surface area contributed by atoms with Gasteiger partial charge in [0.1, 0.15) is 0 Å². The van der Waals surface area contributed by atoms with Gasteiger partial charge < -0.3 is 5.32 Å². The van der Waals surface area contributed by atoms with Gasteiger partial charge in [0, 0.05) is 30.5 Å². The maximum absolute atomic E-state index is 11.9. The summed E-state index contributed by atoms with van der Waals surface area (Å²) in [5, 5.41) is 8.53. The highest BCUT2D eigenvalue weighted by molar-refractivity contribution is 5.84. The van der Waals surface area contributed by atoms with Crippen molar-refractivity contribution in [1.29, 1.82) is 0 Å². The maximum atomic E-state index is 11.9. The highest BCUT2D eigenvalue weighted by Gasteiger charge is 2.25. The zero-order valence-electron chi connectivity index (χ0n) is 11.0. The van der Waals surface area contributed by atoms with Gasteiger partial charge in [0.15, 0.2) is 0 Å². The number of benzene rings is 1. The average Bonchev–Trinajstić information content (AvgIpc) is 2.71. The Bertz CT molecular complexity index is 656. The standard InChI is InChI=1S/C15H17N3O/c1-10-7-8-11(15(19)16-10)9-13-12-5-3-4-6-14(12)18(2)17-13/h3-6,11H,1,7-9H2,2H3,(H,16,19). The molecule has 3 rings (SSSR count). The minimum absolute atomic E-state index is 0.00352. The number of nitrogens with zero attached hydrogens (tertiary/aromatic N) is 2. The van der Waals surface area contributed by atoms with Crippen LogP contribution in [0.25, 0.3) is 10.9 Å². The fourth-order valence-corrected chi connectivity index (χ4v) is 2.69. The molecule has 4 nitrogen and oxygen atoms in total. The van der Waals surface area contributed by atoms with Crippen molar-refractivity contribution < 1.29 is 4.79 Å². The second-order valence-corrected chi connectivity index (χ2v) is 5.12. The van der Waals surface area contributed by atoms with Crippen molar-refractivity contribution in [2.75, 3.05) is 0 Å². The number of carbonyl (C=O) groups excluding carboxylic acids is 1. The summed E-state index contributed by atoms with van der Waals surface area (Å²) >= 11 is 0. The monoisotopic (exact) mass is 255 g/mol. The molecule has 1 aromatic heterocycles. The van der Waals surface area contributed by atoms with E-state index >= 15 is 0 Å². The van der Waals surface area contributed by atoms with Crippen LogP contribution in [-0.2, 0) is 18.3 Å². The predicted molar refractivity (Wildman–Crippen MR) is 74.4 cm³/mol. The molecule has 2 aromatic rings. The number of piperidine rings is 1. The summed E-state index contributed by atoms with van der Waals surface area (Å²) in [4.78, 5) is 11.9. The number of rotatable bonds is 2. The summed E-state index contributed by atoms with van der Waals surface area (Å²) in [7, 11) is 1.94. The molecule has 1 amide bonds. The van der Waals surface area contributed by atoms with Gasteiger partial charge in [-0.2, -0.15) is 5.10 Å². The summed E-state index contributed by atoms with van der Waals surface area (Å²) < 4.78 is 1.88. The number of para-hydroxylation sites is 1. The Morgan fingerprint density at radius 2 is 2.26 bits per heavy atom. The minimum atomic E-state index is 0.00352. The average molecular weight is 255 g/mol. The highest BCUT2D eigenvalue weighted by Crippen LogP contribution is 2.25. The molecule has 1 saturated heterocycles. The Morgan fingerprint density at radius 1 is 1.47 bits per heavy atom. The first-order valence-corrected chi connectivity index (χ1v) is 6.54. The van der Waals surface area contributed by atoms with E-state index in [-0.39, 0.29) is 11.8 Å². The van der Waals surface area contributed by atoms with Crippen LogP contribution in [0.4, 0.5) is 0 Å². The van der Waals surface area contributed by atoms with E-state index in [0.717, 1.165) is 35.1 Å². The van der Waals surface area contributed by atoms with Crippen LogP contribution in [-0.4, -0.2) is 15.7 Å². The largest absolute Gasteiger partial charge is 0.330 e. The van der Waals surface area contributed by atoms with Crippen molar-refractivity contribution in [3.63, 3.8) is 0 Å². The van der Waals surface area contributed by atoms with Crippen LogP contribution in [0.5, 0.6) is 0 Å². The van der Waals surface area contributed by atoms with E-state index in [0.29, 0.717) is 6.42 Å². The summed E-state index contributed by atoms with van der Waals surface area (Å²) in [5.74, 6) is 0.0785. The van der Waals surface area contributed by atoms with Crippen LogP contribution in [0.3, 0.4) is 0 Å². The van der Waals surface area contributed by atoms with Crippen molar-refractivity contribution in [3.05, 3.63) is 42.2 Å². The normalized spacial score (nSPS) is 19.7. The molecule has 0 spiro atoms. The lowest BCUT2D eigenvalue weighted by molar-refractivity contribution is -0.125. The van der Waals surface area contributed by atoms with E-state index < -0.39 is 0 Å². The van der Waals surface area contributed by atoms with Gasteiger partial charge in [0.25, 0.3) is 0 Å². The molecule has 0 bridgehead atoms. The van der Waals surface area contributed by atoms with E-state index in [1.165, 1.54) is 0 Å². The van der Waals surface area contributed by atoms with Gasteiger partial charge in [-0.3, -0.25) is 9.48 Å². The Kier molecular flexibility index (Phi) is 2.85. The van der Waals surface area contributed by atoms with Gasteiger partial charge in [-0.05, 0) is 18.9 Å². The number of aromatic nitrogens is 2. The molecule has 1 fully saturated rings. The number of carbonyl (C=O) groups is 1. The molecule has 98 valence electrons. The number of fused-ring (bicyclic) bond motifs is 1. The third kappa shape index (κ3) is 2.14. The lowest BCUT2D eigenvalue weighted by Crippen LogP contribution is -2.35. The smallest absolute Gasteiger partial charge is 0.227 e. The van der Waals surface area contributed by atoms with Crippen LogP contribution in [0, 0.1) is 5.92 Å². The molecule has 1 N–H and O–H groups in total. The van der Waals surface area contributed by atoms with E-state index in [1.807, 2.05) is 23.9 Å². The molecular weight excluding hydrogens is 238 g/mol. The molecule has 0 radical (unpaired) electrons. The Hall–Kier alpha value is -2.10. The second-order valence-electron chi connectivity index (χ2n) is 5.12. The summed E-state index contributed by atoms with van der Waals surface area (Å²) in [5.41, 5.74) is 2.94. The van der Waals surface area contributed by atoms with Crippen LogP contribution >= 0.6 is 0 Å². The molecule has 19 heavy (non-hydrogen) atoms. The Balaban J connectivity index is 1.89. The molecule has 2 heterocycles. The number of nitrogens with one attached hydrogen (secondary N) is 1.